The van der Waals surface area contributed by atoms with Crippen LogP contribution < -0.4 is 10.6 Å². The number of nitrogens with zero attached hydrogens (tertiary/aromatic N) is 4. The summed E-state index contributed by atoms with van der Waals surface area (Å²) in [6.07, 6.45) is 6.13. The van der Waals surface area contributed by atoms with Crippen molar-refractivity contribution in [2.75, 3.05) is 33.7 Å². The normalized spacial score (nSPS) is 11.6. The van der Waals surface area contributed by atoms with E-state index in [0.29, 0.717) is 24.5 Å². The Labute approximate surface area is 188 Å². The third-order valence-electron chi connectivity index (χ3n) is 4.96. The quantitative estimate of drug-likeness (QED) is 0.452. The Morgan fingerprint density at radius 2 is 2.00 bits per heavy atom. The average Bonchev–Trinajstić information content (AvgIpc) is 3.46. The number of aromatic nitrogens is 2. The second kappa shape index (κ2) is 11.1. The van der Waals surface area contributed by atoms with Gasteiger partial charge in [0, 0.05) is 37.2 Å². The molecule has 168 valence electrons. The van der Waals surface area contributed by atoms with Crippen molar-refractivity contribution in [3.63, 3.8) is 0 Å². The molecule has 0 aliphatic heterocycles. The number of carbonyl (C=O) groups excluding carboxylic acids is 1. The van der Waals surface area contributed by atoms with Crippen molar-refractivity contribution in [3.05, 3.63) is 66.3 Å². The topological polar surface area (TPSA) is 87.7 Å². The molecule has 3 aromatic rings. The minimum absolute atomic E-state index is 0.0897. The Kier molecular flexibility index (Phi) is 7.99. The fourth-order valence-electron chi connectivity index (χ4n) is 3.24. The molecule has 0 spiro atoms. The molecule has 0 aliphatic carbocycles. The van der Waals surface area contributed by atoms with E-state index in [1.807, 2.05) is 68.4 Å². The number of amides is 1. The largest absolute Gasteiger partial charge is 0.469 e. The van der Waals surface area contributed by atoms with Crippen LogP contribution in [0.2, 0.25) is 0 Å². The summed E-state index contributed by atoms with van der Waals surface area (Å²) in [7, 11) is 3.94. The molecular weight excluding hydrogens is 404 g/mol. The number of aliphatic imine (C=N–C) groups is 1. The van der Waals surface area contributed by atoms with Gasteiger partial charge in [-0.1, -0.05) is 12.1 Å². The molecule has 0 saturated heterocycles. The van der Waals surface area contributed by atoms with Crippen LogP contribution in [-0.4, -0.2) is 61.0 Å². The van der Waals surface area contributed by atoms with Gasteiger partial charge in [0.1, 0.15) is 11.6 Å². The monoisotopic (exact) mass is 434 g/mol. The molecule has 1 amide bonds. The molecule has 0 atom stereocenters. The molecule has 0 unspecified atom stereocenters. The molecule has 0 bridgehead atoms. The highest BCUT2D eigenvalue weighted by atomic mass is 16.3. The van der Waals surface area contributed by atoms with Crippen molar-refractivity contribution in [2.45, 2.75) is 13.3 Å². The first kappa shape index (κ1) is 23.0. The van der Waals surface area contributed by atoms with E-state index in [4.69, 9.17) is 4.42 Å². The van der Waals surface area contributed by atoms with E-state index in [0.717, 1.165) is 35.7 Å². The molecule has 8 heteroatoms. The Balaban J connectivity index is 1.70. The van der Waals surface area contributed by atoms with E-state index < -0.39 is 0 Å². The number of furan rings is 1. The molecule has 3 rings (SSSR count). The van der Waals surface area contributed by atoms with Crippen LogP contribution in [0.5, 0.6) is 0 Å². The van der Waals surface area contributed by atoms with Gasteiger partial charge in [-0.05, 0) is 63.6 Å². The number of nitrogens with one attached hydrogen (secondary N) is 2. The lowest BCUT2D eigenvalue weighted by molar-refractivity contribution is 0.0951. The maximum Gasteiger partial charge on any atom is 0.251 e. The van der Waals surface area contributed by atoms with Gasteiger partial charge in [0.2, 0.25) is 0 Å². The molecule has 2 N–H and O–H groups in total. The lowest BCUT2D eigenvalue weighted by Crippen LogP contribution is -2.31. The first-order chi connectivity index (χ1) is 15.5. The summed E-state index contributed by atoms with van der Waals surface area (Å²) in [5, 5.41) is 10.8. The number of likely N-dealkylation sites (N-methyl/N-ethyl adjacent to an activating group) is 1. The summed E-state index contributed by atoms with van der Waals surface area (Å²) in [5.41, 5.74) is 2.36. The van der Waals surface area contributed by atoms with Crippen LogP contribution in [0.25, 0.3) is 16.9 Å². The molecule has 2 heterocycles. The van der Waals surface area contributed by atoms with Gasteiger partial charge in [0.15, 0.2) is 5.82 Å². The van der Waals surface area contributed by atoms with Crippen LogP contribution in [0, 0.1) is 0 Å². The van der Waals surface area contributed by atoms with E-state index in [9.17, 15) is 4.79 Å². The second-order valence-corrected chi connectivity index (χ2v) is 7.52. The fourth-order valence-corrected chi connectivity index (χ4v) is 3.24. The van der Waals surface area contributed by atoms with E-state index in [1.54, 1.807) is 17.1 Å². The summed E-state index contributed by atoms with van der Waals surface area (Å²) < 4.78 is 7.11. The summed E-state index contributed by atoms with van der Waals surface area (Å²) in [5.74, 6) is 2.27. The van der Waals surface area contributed by atoms with Crippen LogP contribution in [0.15, 0.2) is 64.3 Å². The third-order valence-corrected chi connectivity index (χ3v) is 4.96. The minimum atomic E-state index is -0.0897. The lowest BCUT2D eigenvalue weighted by Gasteiger charge is -2.12. The van der Waals surface area contributed by atoms with Gasteiger partial charge < -0.3 is 20.0 Å². The van der Waals surface area contributed by atoms with E-state index in [-0.39, 0.29) is 5.91 Å². The van der Waals surface area contributed by atoms with Crippen molar-refractivity contribution in [1.29, 1.82) is 0 Å². The van der Waals surface area contributed by atoms with Crippen LogP contribution >= 0.6 is 0 Å². The maximum absolute atomic E-state index is 12.3. The first-order valence-electron chi connectivity index (χ1n) is 10.5. The minimum Gasteiger partial charge on any atom is -0.469 e. The van der Waals surface area contributed by atoms with E-state index >= 15 is 0 Å². The zero-order valence-electron chi connectivity index (χ0n) is 18.8. The molecule has 0 saturated carbocycles. The van der Waals surface area contributed by atoms with Crippen molar-refractivity contribution in [3.8, 4) is 11.1 Å². The van der Waals surface area contributed by atoms with E-state index in [1.165, 1.54) is 0 Å². The standard InChI is InChI=1S/C24H30N6O2/c1-5-22(26-13-12-20-7-6-16-32-20)30-23(25-2)21(17-28-30)18-8-10-19(11-9-18)24(31)27-14-15-29(3)4/h5-11,16-17,26H,2,12-15H2,1,3-4H3,(H,27,31)/b22-5-. The Morgan fingerprint density at radius 1 is 1.22 bits per heavy atom. The average molecular weight is 435 g/mol. The van der Waals surface area contributed by atoms with Gasteiger partial charge in [-0.2, -0.15) is 9.78 Å². The summed E-state index contributed by atoms with van der Waals surface area (Å²) >= 11 is 0. The number of hydrogen-bond donors (Lipinski definition) is 2. The highest BCUT2D eigenvalue weighted by Gasteiger charge is 2.15. The molecule has 1 aromatic carbocycles. The Morgan fingerprint density at radius 3 is 2.62 bits per heavy atom. The van der Waals surface area contributed by atoms with Crippen molar-refractivity contribution in [2.24, 2.45) is 4.99 Å². The SMILES string of the molecule is C=Nc1c(-c2ccc(C(=O)NCCN(C)C)cc2)cnn1/C(=C\C)NCCc1ccco1. The number of benzene rings is 1. The Hall–Kier alpha value is -3.65. The van der Waals surface area contributed by atoms with Crippen molar-refractivity contribution < 1.29 is 9.21 Å². The molecule has 8 nitrogen and oxygen atoms in total. The van der Waals surface area contributed by atoms with Crippen molar-refractivity contribution in [1.82, 2.24) is 25.3 Å². The van der Waals surface area contributed by atoms with Crippen LogP contribution in [0.1, 0.15) is 23.0 Å². The highest BCUT2D eigenvalue weighted by molar-refractivity contribution is 5.94. The number of allylic oxidation sites excluding steroid dienone is 1. The zero-order chi connectivity index (χ0) is 22.9. The molecule has 2 aromatic heterocycles. The third kappa shape index (κ3) is 5.73. The Bertz CT molecular complexity index is 1050. The van der Waals surface area contributed by atoms with Crippen molar-refractivity contribution >= 4 is 24.3 Å². The lowest BCUT2D eigenvalue weighted by atomic mass is 10.1. The number of hydrogen-bond acceptors (Lipinski definition) is 6. The predicted octanol–water partition coefficient (Wildman–Crippen LogP) is 3.42. The first-order valence-corrected chi connectivity index (χ1v) is 10.5. The second-order valence-electron chi connectivity index (χ2n) is 7.52. The number of rotatable bonds is 11. The van der Waals surface area contributed by atoms with Gasteiger partial charge in [0.05, 0.1) is 12.5 Å². The van der Waals surface area contributed by atoms with Gasteiger partial charge in [0.25, 0.3) is 5.91 Å². The maximum atomic E-state index is 12.3. The zero-order valence-corrected chi connectivity index (χ0v) is 18.8. The molecule has 0 radical (unpaired) electrons. The highest BCUT2D eigenvalue weighted by Crippen LogP contribution is 2.31. The van der Waals surface area contributed by atoms with Gasteiger partial charge >= 0.3 is 0 Å². The van der Waals surface area contributed by atoms with E-state index in [2.05, 4.69) is 27.4 Å². The summed E-state index contributed by atoms with van der Waals surface area (Å²) in [6, 6.07) is 11.2. The molecule has 0 aliphatic rings. The molecule has 32 heavy (non-hydrogen) atoms. The smallest absolute Gasteiger partial charge is 0.251 e. The number of carbonyl (C=O) groups is 1. The van der Waals surface area contributed by atoms with Gasteiger partial charge in [-0.15, -0.1) is 0 Å². The van der Waals surface area contributed by atoms with Crippen LogP contribution in [-0.2, 0) is 6.42 Å². The van der Waals surface area contributed by atoms with Gasteiger partial charge in [-0.25, -0.2) is 4.99 Å². The fraction of sp³-hybridized carbons (Fsp3) is 0.292. The summed E-state index contributed by atoms with van der Waals surface area (Å²) in [4.78, 5) is 18.6. The molecule has 0 fully saturated rings. The summed E-state index contributed by atoms with van der Waals surface area (Å²) in [6.45, 7) is 7.75. The van der Waals surface area contributed by atoms with Crippen LogP contribution in [0.4, 0.5) is 5.82 Å². The molecular formula is C24H30N6O2. The van der Waals surface area contributed by atoms with Crippen LogP contribution in [0.3, 0.4) is 0 Å². The van der Waals surface area contributed by atoms with Gasteiger partial charge in [-0.3, -0.25) is 4.79 Å². The predicted molar refractivity (Wildman–Crippen MR) is 128 cm³/mol.